The van der Waals surface area contributed by atoms with Crippen molar-refractivity contribution in [2.45, 2.75) is 44.4 Å². The van der Waals surface area contributed by atoms with Crippen LogP contribution in [0.25, 0.3) is 0 Å². The number of thioether (sulfide) groups is 2. The van der Waals surface area contributed by atoms with Gasteiger partial charge in [0, 0.05) is 42.1 Å². The first-order valence-corrected chi connectivity index (χ1v) is 11.3. The minimum Gasteiger partial charge on any atom is -0.488 e. The van der Waals surface area contributed by atoms with Crippen LogP contribution in [-0.4, -0.2) is 64.4 Å². The smallest absolute Gasteiger partial charge is 0.127 e. The predicted octanol–water partition coefficient (Wildman–Crippen LogP) is 3.47. The number of aliphatic hydroxyl groups is 1. The van der Waals surface area contributed by atoms with Crippen molar-refractivity contribution in [1.82, 2.24) is 4.90 Å². The maximum absolute atomic E-state index is 10.6. The van der Waals surface area contributed by atoms with E-state index >= 15 is 0 Å². The molecule has 0 bridgehead atoms. The van der Waals surface area contributed by atoms with Crippen LogP contribution in [0, 0.1) is 0 Å². The van der Waals surface area contributed by atoms with Crippen molar-refractivity contribution < 1.29 is 9.84 Å². The van der Waals surface area contributed by atoms with Gasteiger partial charge in [0.1, 0.15) is 18.0 Å². The van der Waals surface area contributed by atoms with Crippen molar-refractivity contribution in [2.75, 3.05) is 36.1 Å². The van der Waals surface area contributed by atoms with Gasteiger partial charge in [0.25, 0.3) is 0 Å². The number of likely N-dealkylation sites (tertiary alicyclic amines) is 1. The van der Waals surface area contributed by atoms with Crippen molar-refractivity contribution in [3.63, 3.8) is 0 Å². The molecule has 2 aliphatic rings. The van der Waals surface area contributed by atoms with Gasteiger partial charge in [0.2, 0.25) is 0 Å². The summed E-state index contributed by atoms with van der Waals surface area (Å²) in [4.78, 5) is 2.47. The standard InChI is InChI=1S/C19H29NO2S2/c1-14(2)15-4-3-5-17(10-15)22-19-6-7-20(11-18(19)21)16-12-23-8-9-24-13-16/h3-5,10,14,16,18-19,21H,6-9,11-13H2,1-2H3/t18-,19-/m1/s1. The zero-order chi connectivity index (χ0) is 16.9. The van der Waals surface area contributed by atoms with Crippen LogP contribution in [0.5, 0.6) is 5.75 Å². The molecule has 5 heteroatoms. The van der Waals surface area contributed by atoms with E-state index < -0.39 is 6.10 Å². The number of hydrogen-bond acceptors (Lipinski definition) is 5. The second-order valence-electron chi connectivity index (χ2n) is 7.04. The highest BCUT2D eigenvalue weighted by Crippen LogP contribution is 2.26. The van der Waals surface area contributed by atoms with E-state index in [0.717, 1.165) is 25.3 Å². The highest BCUT2D eigenvalue weighted by molar-refractivity contribution is 8.03. The van der Waals surface area contributed by atoms with Gasteiger partial charge >= 0.3 is 0 Å². The van der Waals surface area contributed by atoms with Crippen molar-refractivity contribution >= 4 is 23.5 Å². The molecule has 0 spiro atoms. The molecular weight excluding hydrogens is 338 g/mol. The average molecular weight is 368 g/mol. The second kappa shape index (κ2) is 8.84. The molecule has 1 N–H and O–H groups in total. The maximum atomic E-state index is 10.6. The zero-order valence-electron chi connectivity index (χ0n) is 14.7. The van der Waals surface area contributed by atoms with Crippen LogP contribution < -0.4 is 4.74 Å². The van der Waals surface area contributed by atoms with Gasteiger partial charge in [-0.1, -0.05) is 26.0 Å². The number of ether oxygens (including phenoxy) is 1. The first kappa shape index (κ1) is 18.4. The fourth-order valence-electron chi connectivity index (χ4n) is 3.34. The van der Waals surface area contributed by atoms with E-state index in [2.05, 4.69) is 54.4 Å². The minimum atomic E-state index is -0.403. The van der Waals surface area contributed by atoms with Crippen LogP contribution in [0.15, 0.2) is 24.3 Å². The molecule has 0 aliphatic carbocycles. The molecule has 0 saturated carbocycles. The highest BCUT2D eigenvalue weighted by atomic mass is 32.2. The predicted molar refractivity (Wildman–Crippen MR) is 106 cm³/mol. The monoisotopic (exact) mass is 367 g/mol. The van der Waals surface area contributed by atoms with E-state index in [1.54, 1.807) is 0 Å². The molecule has 3 rings (SSSR count). The van der Waals surface area contributed by atoms with Crippen molar-refractivity contribution in [3.8, 4) is 5.75 Å². The van der Waals surface area contributed by atoms with Gasteiger partial charge in [0.05, 0.1) is 0 Å². The summed E-state index contributed by atoms with van der Waals surface area (Å²) < 4.78 is 6.13. The van der Waals surface area contributed by atoms with Crippen LogP contribution in [0.2, 0.25) is 0 Å². The summed E-state index contributed by atoms with van der Waals surface area (Å²) in [6, 6.07) is 8.90. The van der Waals surface area contributed by atoms with Crippen LogP contribution in [-0.2, 0) is 0 Å². The third-order valence-electron chi connectivity index (χ3n) is 4.87. The van der Waals surface area contributed by atoms with Crippen LogP contribution in [0.3, 0.4) is 0 Å². The van der Waals surface area contributed by atoms with Crippen molar-refractivity contribution in [1.29, 1.82) is 0 Å². The summed E-state index contributed by atoms with van der Waals surface area (Å²) in [5.74, 6) is 6.29. The molecule has 134 valence electrons. The summed E-state index contributed by atoms with van der Waals surface area (Å²) in [6.45, 7) is 6.14. The maximum Gasteiger partial charge on any atom is 0.127 e. The van der Waals surface area contributed by atoms with Gasteiger partial charge in [0.15, 0.2) is 0 Å². The lowest BCUT2D eigenvalue weighted by Crippen LogP contribution is -2.53. The van der Waals surface area contributed by atoms with Crippen molar-refractivity contribution in [3.05, 3.63) is 29.8 Å². The fourth-order valence-corrected chi connectivity index (χ4v) is 5.97. The molecule has 0 aromatic heterocycles. The van der Waals surface area contributed by atoms with E-state index in [0.29, 0.717) is 12.0 Å². The molecule has 2 aliphatic heterocycles. The zero-order valence-corrected chi connectivity index (χ0v) is 16.3. The molecule has 2 saturated heterocycles. The fraction of sp³-hybridized carbons (Fsp3) is 0.684. The molecule has 1 aromatic rings. The minimum absolute atomic E-state index is 0.0882. The summed E-state index contributed by atoms with van der Waals surface area (Å²) >= 11 is 4.10. The Morgan fingerprint density at radius 3 is 2.62 bits per heavy atom. The van der Waals surface area contributed by atoms with Gasteiger partial charge < -0.3 is 9.84 Å². The molecule has 2 atom stereocenters. The quantitative estimate of drug-likeness (QED) is 0.881. The molecule has 0 radical (unpaired) electrons. The molecule has 1 aromatic carbocycles. The van der Waals surface area contributed by atoms with E-state index in [-0.39, 0.29) is 6.10 Å². The van der Waals surface area contributed by atoms with Crippen LogP contribution >= 0.6 is 23.5 Å². The van der Waals surface area contributed by atoms with Gasteiger partial charge in [-0.3, -0.25) is 4.90 Å². The van der Waals surface area contributed by atoms with Crippen LogP contribution in [0.1, 0.15) is 31.7 Å². The second-order valence-corrected chi connectivity index (χ2v) is 9.34. The van der Waals surface area contributed by atoms with Gasteiger partial charge in [-0.05, 0) is 30.0 Å². The Balaban J connectivity index is 1.56. The third kappa shape index (κ3) is 4.84. The highest BCUT2D eigenvalue weighted by Gasteiger charge is 2.33. The Morgan fingerprint density at radius 1 is 1.21 bits per heavy atom. The summed E-state index contributed by atoms with van der Waals surface area (Å²) in [7, 11) is 0. The lowest BCUT2D eigenvalue weighted by atomic mass is 10.0. The van der Waals surface area contributed by atoms with Crippen LogP contribution in [0.4, 0.5) is 0 Å². The number of hydrogen-bond donors (Lipinski definition) is 1. The van der Waals surface area contributed by atoms with E-state index in [1.165, 1.54) is 28.6 Å². The Kier molecular flexibility index (Phi) is 6.79. The average Bonchev–Trinajstić information content (AvgIpc) is 2.86. The van der Waals surface area contributed by atoms with E-state index in [9.17, 15) is 5.11 Å². The topological polar surface area (TPSA) is 32.7 Å². The lowest BCUT2D eigenvalue weighted by Gasteiger charge is -2.39. The van der Waals surface area contributed by atoms with E-state index in [4.69, 9.17) is 4.74 Å². The van der Waals surface area contributed by atoms with E-state index in [1.807, 2.05) is 12.1 Å². The Morgan fingerprint density at radius 2 is 1.96 bits per heavy atom. The number of nitrogens with zero attached hydrogens (tertiary/aromatic N) is 1. The molecular formula is C19H29NO2S2. The van der Waals surface area contributed by atoms with Gasteiger partial charge in [-0.25, -0.2) is 0 Å². The molecule has 2 fully saturated rings. The van der Waals surface area contributed by atoms with Gasteiger partial charge in [-0.15, -0.1) is 0 Å². The van der Waals surface area contributed by atoms with Gasteiger partial charge in [-0.2, -0.15) is 23.5 Å². The normalized spacial score (nSPS) is 27.2. The number of benzene rings is 1. The SMILES string of the molecule is CC(C)c1cccc(O[C@@H]2CCN(C3CSCCSC3)C[C@H]2O)c1. The number of β-amino-alcohol motifs (C(OH)–C–C–N with tert-alkyl or cyclic N) is 1. The first-order chi connectivity index (χ1) is 11.6. The molecule has 24 heavy (non-hydrogen) atoms. The largest absolute Gasteiger partial charge is 0.488 e. The third-order valence-corrected chi connectivity index (χ3v) is 7.36. The van der Waals surface area contributed by atoms with Crippen molar-refractivity contribution in [2.24, 2.45) is 0 Å². The Bertz CT molecular complexity index is 518. The number of aliphatic hydroxyl groups excluding tert-OH is 1. The number of piperidine rings is 1. The molecule has 0 unspecified atom stereocenters. The summed E-state index contributed by atoms with van der Waals surface area (Å²) in [5.41, 5.74) is 1.28. The Hall–Kier alpha value is -0.360. The molecule has 0 amide bonds. The summed E-state index contributed by atoms with van der Waals surface area (Å²) in [5, 5.41) is 10.6. The Labute approximate surface area is 154 Å². The number of rotatable bonds is 4. The first-order valence-electron chi connectivity index (χ1n) is 8.97. The summed E-state index contributed by atoms with van der Waals surface area (Å²) in [6.07, 6.45) is 0.410. The molecule has 2 heterocycles. The lowest BCUT2D eigenvalue weighted by molar-refractivity contribution is -0.0323. The molecule has 3 nitrogen and oxygen atoms in total.